The van der Waals surface area contributed by atoms with Crippen LogP contribution in [0.25, 0.3) is 6.08 Å². The van der Waals surface area contributed by atoms with Crippen LogP contribution in [0.5, 0.6) is 0 Å². The molecule has 7 heteroatoms. The molecule has 0 aromatic heterocycles. The minimum Gasteiger partial charge on any atom is -0.480 e. The van der Waals surface area contributed by atoms with E-state index in [1.165, 1.54) is 27.3 Å². The number of nitrogens with zero attached hydrogens (tertiary/aromatic N) is 3. The lowest BCUT2D eigenvalue weighted by Crippen LogP contribution is -2.45. The molecule has 5 nitrogen and oxygen atoms in total. The largest absolute Gasteiger partial charge is 0.480 e. The molecule has 34 heavy (non-hydrogen) atoms. The maximum Gasteiger partial charge on any atom is 0.323 e. The first-order valence-corrected chi connectivity index (χ1v) is 12.5. The summed E-state index contributed by atoms with van der Waals surface area (Å²) in [7, 11) is 0. The molecule has 178 valence electrons. The highest BCUT2D eigenvalue weighted by Crippen LogP contribution is 2.51. The highest BCUT2D eigenvalue weighted by molar-refractivity contribution is 7.82. The van der Waals surface area contributed by atoms with Crippen LogP contribution in [0.1, 0.15) is 69.7 Å². The number of anilines is 1. The van der Waals surface area contributed by atoms with Crippen molar-refractivity contribution in [1.29, 1.82) is 5.26 Å². The summed E-state index contributed by atoms with van der Waals surface area (Å²) in [5.74, 6) is -1.04. The molecular formula is C27H31N3O2S2. The predicted molar refractivity (Wildman–Crippen MR) is 145 cm³/mol. The normalized spacial score (nSPS) is 22.1. The Labute approximate surface area is 212 Å². The standard InChI is InChI=1S/C27H31N3O2S2/c1-15-17(11-18-16(2)19(13-28)25(34)30(24(18)33)14-21(31)32)12-20-23-22(15)27(5,6)8-10-29(23)9-7-26(20,3)4/h11-12H,7-10,14H2,1-6H3,(H,31,32)/b18-11-. The molecule has 0 spiro atoms. The lowest BCUT2D eigenvalue weighted by Gasteiger charge is -2.49. The van der Waals surface area contributed by atoms with E-state index in [2.05, 4.69) is 51.7 Å². The molecule has 0 radical (unpaired) electrons. The number of thiocarbonyl (C=S) groups is 2. The SMILES string of the molecule is CC1=C(C#N)C(=S)N(CC(=O)O)C(=S)/C1=C\c1cc2c3c(c1C)C(C)(C)CCN3CCC2(C)C. The van der Waals surface area contributed by atoms with Gasteiger partial charge in [-0.05, 0) is 77.5 Å². The van der Waals surface area contributed by atoms with Crippen LogP contribution in [-0.2, 0) is 15.6 Å². The Balaban J connectivity index is 1.99. The third-order valence-electron chi connectivity index (χ3n) is 7.75. The summed E-state index contributed by atoms with van der Waals surface area (Å²) in [6.45, 7) is 15.1. The molecule has 0 saturated carbocycles. The van der Waals surface area contributed by atoms with Crippen molar-refractivity contribution in [1.82, 2.24) is 4.90 Å². The van der Waals surface area contributed by atoms with Crippen LogP contribution in [-0.4, -0.2) is 45.6 Å². The van der Waals surface area contributed by atoms with Crippen LogP contribution in [0.4, 0.5) is 5.69 Å². The van der Waals surface area contributed by atoms with E-state index in [1.54, 1.807) is 0 Å². The minimum absolute atomic E-state index is 0.0410. The molecule has 1 aromatic carbocycles. The van der Waals surface area contributed by atoms with Gasteiger partial charge in [0.1, 0.15) is 22.6 Å². The van der Waals surface area contributed by atoms with Gasteiger partial charge in [-0.15, -0.1) is 0 Å². The highest BCUT2D eigenvalue weighted by atomic mass is 32.1. The Hall–Kier alpha value is -2.56. The highest BCUT2D eigenvalue weighted by Gasteiger charge is 2.41. The summed E-state index contributed by atoms with van der Waals surface area (Å²) < 4.78 is 0. The van der Waals surface area contributed by atoms with Gasteiger partial charge in [-0.3, -0.25) is 4.79 Å². The van der Waals surface area contributed by atoms with Crippen LogP contribution < -0.4 is 4.90 Å². The molecule has 0 fully saturated rings. The maximum atomic E-state index is 11.5. The van der Waals surface area contributed by atoms with Gasteiger partial charge in [0.2, 0.25) is 0 Å². The van der Waals surface area contributed by atoms with Gasteiger partial charge in [0.25, 0.3) is 0 Å². The fourth-order valence-corrected chi connectivity index (χ4v) is 6.38. The van der Waals surface area contributed by atoms with Crippen LogP contribution in [0.15, 0.2) is 22.8 Å². The van der Waals surface area contributed by atoms with E-state index in [0.29, 0.717) is 21.7 Å². The number of nitriles is 1. The molecule has 0 bridgehead atoms. The van der Waals surface area contributed by atoms with Crippen LogP contribution in [0.3, 0.4) is 0 Å². The third kappa shape index (κ3) is 3.77. The van der Waals surface area contributed by atoms with Crippen LogP contribution in [0, 0.1) is 18.3 Å². The molecule has 0 aliphatic carbocycles. The molecule has 3 aliphatic rings. The second-order valence-corrected chi connectivity index (χ2v) is 11.7. The van der Waals surface area contributed by atoms with Crippen molar-refractivity contribution in [2.45, 2.75) is 65.2 Å². The van der Waals surface area contributed by atoms with Gasteiger partial charge in [-0.1, -0.05) is 52.1 Å². The number of benzene rings is 1. The van der Waals surface area contributed by atoms with Gasteiger partial charge < -0.3 is 14.9 Å². The minimum atomic E-state index is -1.04. The molecule has 1 N–H and O–H groups in total. The van der Waals surface area contributed by atoms with Crippen molar-refractivity contribution in [3.63, 3.8) is 0 Å². The first kappa shape index (κ1) is 24.6. The smallest absolute Gasteiger partial charge is 0.323 e. The molecule has 0 saturated heterocycles. The Morgan fingerprint density at radius 1 is 1.15 bits per heavy atom. The number of hydrogen-bond donors (Lipinski definition) is 1. The summed E-state index contributed by atoms with van der Waals surface area (Å²) in [4.78, 5) is 16.0. The summed E-state index contributed by atoms with van der Waals surface area (Å²) in [5.41, 5.74) is 8.18. The number of aliphatic carboxylic acids is 1. The van der Waals surface area contributed by atoms with Gasteiger partial charge >= 0.3 is 5.97 Å². The van der Waals surface area contributed by atoms with Gasteiger partial charge in [0, 0.05) is 24.4 Å². The van der Waals surface area contributed by atoms with E-state index in [1.807, 2.05) is 13.0 Å². The zero-order valence-electron chi connectivity index (χ0n) is 20.7. The number of carboxylic acid groups (broad SMARTS) is 1. The van der Waals surface area contributed by atoms with E-state index >= 15 is 0 Å². The number of rotatable bonds is 3. The zero-order chi connectivity index (χ0) is 25.2. The Bertz CT molecular complexity index is 1250. The predicted octanol–water partition coefficient (Wildman–Crippen LogP) is 5.44. The quantitative estimate of drug-likeness (QED) is 0.444. The second-order valence-electron chi connectivity index (χ2n) is 10.9. The van der Waals surface area contributed by atoms with Crippen molar-refractivity contribution in [3.8, 4) is 6.07 Å². The number of carbonyl (C=O) groups is 1. The van der Waals surface area contributed by atoms with E-state index in [0.717, 1.165) is 31.5 Å². The van der Waals surface area contributed by atoms with E-state index in [4.69, 9.17) is 24.4 Å². The van der Waals surface area contributed by atoms with Gasteiger partial charge in [-0.2, -0.15) is 5.26 Å². The lowest BCUT2D eigenvalue weighted by molar-refractivity contribution is -0.136. The Morgan fingerprint density at radius 3 is 2.35 bits per heavy atom. The van der Waals surface area contributed by atoms with Gasteiger partial charge in [0.05, 0.1) is 5.57 Å². The Morgan fingerprint density at radius 2 is 1.76 bits per heavy atom. The summed E-state index contributed by atoms with van der Waals surface area (Å²) in [6, 6.07) is 4.45. The molecular weight excluding hydrogens is 462 g/mol. The Kier molecular flexibility index (Phi) is 5.98. The molecule has 4 rings (SSSR count). The zero-order valence-corrected chi connectivity index (χ0v) is 22.3. The first-order valence-electron chi connectivity index (χ1n) is 11.6. The van der Waals surface area contributed by atoms with E-state index in [9.17, 15) is 15.2 Å². The topological polar surface area (TPSA) is 67.6 Å². The molecule has 3 aliphatic heterocycles. The average Bonchev–Trinajstić information content (AvgIpc) is 2.74. The molecule has 1 aromatic rings. The summed E-state index contributed by atoms with van der Waals surface area (Å²) in [5, 5.41) is 19.2. The number of hydrogen-bond acceptors (Lipinski definition) is 5. The molecule has 0 amide bonds. The van der Waals surface area contributed by atoms with Crippen LogP contribution in [0.2, 0.25) is 0 Å². The van der Waals surface area contributed by atoms with Crippen molar-refractivity contribution in [2.24, 2.45) is 0 Å². The van der Waals surface area contributed by atoms with Gasteiger partial charge in [-0.25, -0.2) is 0 Å². The summed E-state index contributed by atoms with van der Waals surface area (Å²) >= 11 is 11.1. The fourth-order valence-electron chi connectivity index (χ4n) is 5.60. The first-order chi connectivity index (χ1) is 15.8. The lowest BCUT2D eigenvalue weighted by atomic mass is 9.67. The van der Waals surface area contributed by atoms with Crippen LogP contribution >= 0.6 is 24.4 Å². The second kappa shape index (κ2) is 8.28. The van der Waals surface area contributed by atoms with Crippen molar-refractivity contribution in [3.05, 3.63) is 45.0 Å². The molecule has 0 atom stereocenters. The maximum absolute atomic E-state index is 11.5. The van der Waals surface area contributed by atoms with Crippen molar-refractivity contribution in [2.75, 3.05) is 24.5 Å². The average molecular weight is 494 g/mol. The van der Waals surface area contributed by atoms with Crippen molar-refractivity contribution < 1.29 is 9.90 Å². The van der Waals surface area contributed by atoms with E-state index in [-0.39, 0.29) is 22.4 Å². The third-order valence-corrected chi connectivity index (χ3v) is 8.62. The van der Waals surface area contributed by atoms with E-state index < -0.39 is 5.97 Å². The fraction of sp³-hybridized carbons (Fsp3) is 0.481. The van der Waals surface area contributed by atoms with Gasteiger partial charge in [0.15, 0.2) is 0 Å². The molecule has 0 unspecified atom stereocenters. The molecule has 3 heterocycles. The van der Waals surface area contributed by atoms with Crippen molar-refractivity contribution >= 4 is 52.1 Å². The summed E-state index contributed by atoms with van der Waals surface area (Å²) in [6.07, 6.45) is 4.23. The monoisotopic (exact) mass is 493 g/mol. The number of carboxylic acids is 1.